The van der Waals surface area contributed by atoms with Crippen molar-refractivity contribution in [2.75, 3.05) is 0 Å². The average molecular weight is 531 g/mol. The number of hydrogen-bond acceptors (Lipinski definition) is 4. The second-order valence-electron chi connectivity index (χ2n) is 7.60. The van der Waals surface area contributed by atoms with Gasteiger partial charge in [0.15, 0.2) is 12.4 Å². The number of nitrogens with one attached hydrogen (secondary N) is 1. The topological polar surface area (TPSA) is 71.6 Å². The number of Topliss-reactive ketones (excluding diaryl/α,β-unsaturated/α-hetero) is 1. The Morgan fingerprint density at radius 2 is 1.49 bits per heavy atom. The number of hydrogen-bond donors (Lipinski definition) is 1. The van der Waals surface area contributed by atoms with E-state index in [2.05, 4.69) is 10.5 Å². The van der Waals surface area contributed by atoms with E-state index in [0.717, 1.165) is 16.9 Å². The Labute approximate surface area is 214 Å². The molecule has 0 bridgehead atoms. The molecule has 0 atom stereocenters. The van der Waals surface area contributed by atoms with Gasteiger partial charge in [0.1, 0.15) is 17.9 Å². The van der Waals surface area contributed by atoms with Gasteiger partial charge in [0.25, 0.3) is 5.91 Å². The standard InChI is InChI=1S/C28H23N3O3.BrH/c32-27(24-10-5-2-6-11-24)20-31-17-7-12-25(19-31)28(33)30-29-18-22-13-15-26(16-14-22)34-21-23-8-3-1-4-9-23;/h1-19H,20-21H2;1H/p+1/b29-18+;. The molecule has 0 aliphatic heterocycles. The number of carbonyl (C=O) groups is 2. The van der Waals surface area contributed by atoms with E-state index in [9.17, 15) is 9.59 Å². The molecule has 0 unspecified atom stereocenters. The summed E-state index contributed by atoms with van der Waals surface area (Å²) in [5.41, 5.74) is 5.48. The van der Waals surface area contributed by atoms with Gasteiger partial charge in [-0.2, -0.15) is 9.67 Å². The number of ketones is 1. The van der Waals surface area contributed by atoms with Crippen LogP contribution in [0, 0.1) is 0 Å². The first-order valence-electron chi connectivity index (χ1n) is 10.8. The van der Waals surface area contributed by atoms with Crippen molar-refractivity contribution in [1.29, 1.82) is 0 Å². The van der Waals surface area contributed by atoms with E-state index in [4.69, 9.17) is 4.74 Å². The van der Waals surface area contributed by atoms with E-state index in [0.29, 0.717) is 17.7 Å². The van der Waals surface area contributed by atoms with Crippen molar-refractivity contribution in [2.45, 2.75) is 13.2 Å². The first-order valence-corrected chi connectivity index (χ1v) is 10.8. The van der Waals surface area contributed by atoms with E-state index in [1.807, 2.05) is 72.8 Å². The zero-order valence-corrected chi connectivity index (χ0v) is 20.6. The molecule has 3 aromatic carbocycles. The molecular formula is C28H25BrN3O3+. The Balaban J connectivity index is 0.00000342. The second kappa shape index (κ2) is 13.0. The number of halogens is 1. The average Bonchev–Trinajstić information content (AvgIpc) is 2.89. The van der Waals surface area contributed by atoms with Gasteiger partial charge in [0, 0.05) is 11.6 Å². The zero-order chi connectivity index (χ0) is 23.6. The van der Waals surface area contributed by atoms with Crippen molar-refractivity contribution >= 4 is 34.9 Å². The van der Waals surface area contributed by atoms with Gasteiger partial charge in [-0.1, -0.05) is 60.7 Å². The normalized spacial score (nSPS) is 10.4. The predicted molar refractivity (Wildman–Crippen MR) is 140 cm³/mol. The summed E-state index contributed by atoms with van der Waals surface area (Å²) < 4.78 is 7.46. The minimum absolute atomic E-state index is 0. The van der Waals surface area contributed by atoms with Gasteiger partial charge in [-0.25, -0.2) is 5.43 Å². The SMILES string of the molecule is Br.O=C(C[n+]1cccc(C(=O)N/N=C/c2ccc(OCc3ccccc3)cc2)c1)c1ccccc1. The molecule has 0 radical (unpaired) electrons. The number of amides is 1. The van der Waals surface area contributed by atoms with Gasteiger partial charge in [0.2, 0.25) is 12.3 Å². The summed E-state index contributed by atoms with van der Waals surface area (Å²) in [5, 5.41) is 4.04. The van der Waals surface area contributed by atoms with Gasteiger partial charge < -0.3 is 4.74 Å². The minimum atomic E-state index is -0.361. The van der Waals surface area contributed by atoms with Crippen LogP contribution in [0.4, 0.5) is 0 Å². The first kappa shape index (κ1) is 25.5. The number of aromatic nitrogens is 1. The maximum atomic E-state index is 12.5. The van der Waals surface area contributed by atoms with Gasteiger partial charge >= 0.3 is 0 Å². The van der Waals surface area contributed by atoms with Crippen LogP contribution in [0.1, 0.15) is 31.8 Å². The van der Waals surface area contributed by atoms with Crippen molar-refractivity contribution in [2.24, 2.45) is 5.10 Å². The molecule has 4 aromatic rings. The number of benzene rings is 3. The van der Waals surface area contributed by atoms with Gasteiger partial charge in [0.05, 0.1) is 6.21 Å². The Morgan fingerprint density at radius 1 is 0.829 bits per heavy atom. The maximum Gasteiger partial charge on any atom is 0.277 e. The number of nitrogens with zero attached hydrogens (tertiary/aromatic N) is 2. The van der Waals surface area contributed by atoms with Crippen molar-refractivity contribution in [1.82, 2.24) is 5.43 Å². The third-order valence-corrected chi connectivity index (χ3v) is 5.05. The molecule has 35 heavy (non-hydrogen) atoms. The van der Waals surface area contributed by atoms with Gasteiger partial charge in [-0.3, -0.25) is 9.59 Å². The first-order chi connectivity index (χ1) is 16.7. The molecular weight excluding hydrogens is 506 g/mol. The highest BCUT2D eigenvalue weighted by Gasteiger charge is 2.14. The molecule has 0 saturated heterocycles. The van der Waals surface area contributed by atoms with Crippen molar-refractivity contribution in [3.05, 3.63) is 132 Å². The molecule has 6 nitrogen and oxygen atoms in total. The van der Waals surface area contributed by atoms with E-state index in [1.165, 1.54) is 0 Å². The van der Waals surface area contributed by atoms with E-state index in [1.54, 1.807) is 47.4 Å². The predicted octanol–water partition coefficient (Wildman–Crippen LogP) is 4.78. The van der Waals surface area contributed by atoms with Crippen LogP contribution in [0.2, 0.25) is 0 Å². The molecule has 1 heterocycles. The van der Waals surface area contributed by atoms with Crippen LogP contribution < -0.4 is 14.7 Å². The van der Waals surface area contributed by atoms with Gasteiger partial charge in [-0.15, -0.1) is 17.0 Å². The monoisotopic (exact) mass is 530 g/mol. The molecule has 1 N–H and O–H groups in total. The highest BCUT2D eigenvalue weighted by Crippen LogP contribution is 2.13. The smallest absolute Gasteiger partial charge is 0.277 e. The lowest BCUT2D eigenvalue weighted by molar-refractivity contribution is -0.683. The summed E-state index contributed by atoms with van der Waals surface area (Å²) in [5.74, 6) is 0.363. The summed E-state index contributed by atoms with van der Waals surface area (Å²) in [6.07, 6.45) is 4.95. The van der Waals surface area contributed by atoms with Crippen molar-refractivity contribution in [3.8, 4) is 5.75 Å². The molecule has 0 aliphatic rings. The van der Waals surface area contributed by atoms with Crippen LogP contribution in [0.15, 0.2) is 115 Å². The van der Waals surface area contributed by atoms with Crippen LogP contribution in [-0.2, 0) is 13.2 Å². The van der Waals surface area contributed by atoms with Crippen LogP contribution in [0.25, 0.3) is 0 Å². The Morgan fingerprint density at radius 3 is 2.20 bits per heavy atom. The lowest BCUT2D eigenvalue weighted by Crippen LogP contribution is -2.38. The van der Waals surface area contributed by atoms with Crippen LogP contribution in [0.5, 0.6) is 5.75 Å². The summed E-state index contributed by atoms with van der Waals surface area (Å²) in [4.78, 5) is 24.9. The third-order valence-electron chi connectivity index (χ3n) is 5.05. The fourth-order valence-electron chi connectivity index (χ4n) is 3.26. The Kier molecular flexibility index (Phi) is 9.45. The molecule has 0 fully saturated rings. The Hall–Kier alpha value is -4.10. The number of rotatable bonds is 9. The quantitative estimate of drug-likeness (QED) is 0.146. The van der Waals surface area contributed by atoms with E-state index < -0.39 is 0 Å². The molecule has 1 amide bonds. The molecule has 4 rings (SSSR count). The van der Waals surface area contributed by atoms with Crippen molar-refractivity contribution in [3.63, 3.8) is 0 Å². The summed E-state index contributed by atoms with van der Waals surface area (Å²) >= 11 is 0. The molecule has 0 saturated carbocycles. The largest absolute Gasteiger partial charge is 0.489 e. The lowest BCUT2D eigenvalue weighted by atomic mass is 10.1. The van der Waals surface area contributed by atoms with Crippen LogP contribution in [-0.4, -0.2) is 17.9 Å². The van der Waals surface area contributed by atoms with E-state index in [-0.39, 0.29) is 35.2 Å². The fourth-order valence-corrected chi connectivity index (χ4v) is 3.26. The number of ether oxygens (including phenoxy) is 1. The Bertz CT molecular complexity index is 1280. The second-order valence-corrected chi connectivity index (χ2v) is 7.60. The summed E-state index contributed by atoms with van der Waals surface area (Å²) in [6, 6.07) is 29.9. The summed E-state index contributed by atoms with van der Waals surface area (Å²) in [7, 11) is 0. The van der Waals surface area contributed by atoms with Crippen LogP contribution >= 0.6 is 17.0 Å². The van der Waals surface area contributed by atoms with Gasteiger partial charge in [-0.05, 0) is 41.5 Å². The number of carbonyl (C=O) groups excluding carboxylic acids is 2. The molecule has 176 valence electrons. The third kappa shape index (κ3) is 7.72. The van der Waals surface area contributed by atoms with E-state index >= 15 is 0 Å². The fraction of sp³-hybridized carbons (Fsp3) is 0.0714. The maximum absolute atomic E-state index is 12.5. The van der Waals surface area contributed by atoms with Crippen molar-refractivity contribution < 1.29 is 18.9 Å². The molecule has 0 aliphatic carbocycles. The number of pyridine rings is 1. The lowest BCUT2D eigenvalue weighted by Gasteiger charge is -2.06. The number of hydrazone groups is 1. The molecule has 7 heteroatoms. The molecule has 1 aromatic heterocycles. The highest BCUT2D eigenvalue weighted by atomic mass is 79.9. The van der Waals surface area contributed by atoms with Crippen LogP contribution in [0.3, 0.4) is 0 Å². The highest BCUT2D eigenvalue weighted by molar-refractivity contribution is 8.93. The summed E-state index contributed by atoms with van der Waals surface area (Å²) in [6.45, 7) is 0.644. The minimum Gasteiger partial charge on any atom is -0.489 e. The molecule has 0 spiro atoms. The zero-order valence-electron chi connectivity index (χ0n) is 18.9.